The Kier molecular flexibility index (Phi) is 2.90. The summed E-state index contributed by atoms with van der Waals surface area (Å²) in [5.41, 5.74) is 9.77. The molecule has 0 aliphatic carbocycles. The number of nitrogens with zero attached hydrogens (tertiary/aromatic N) is 3. The maximum absolute atomic E-state index is 10.7. The summed E-state index contributed by atoms with van der Waals surface area (Å²) in [5, 5.41) is 2.86. The molecule has 0 saturated heterocycles. The third-order valence-electron chi connectivity index (χ3n) is 1.59. The summed E-state index contributed by atoms with van der Waals surface area (Å²) in [7, 11) is 0. The van der Waals surface area contributed by atoms with Gasteiger partial charge in [-0.25, -0.2) is 0 Å². The minimum Gasteiger partial charge on any atom is -0.276 e. The van der Waals surface area contributed by atoms with Crippen molar-refractivity contribution in [2.45, 2.75) is 6.92 Å². The molecule has 0 atom stereocenters. The Balaban J connectivity index is 3.26. The molecule has 0 aliphatic rings. The van der Waals surface area contributed by atoms with Crippen LogP contribution < -0.4 is 0 Å². The molecule has 0 fully saturated rings. The summed E-state index contributed by atoms with van der Waals surface area (Å²) < 4.78 is 0. The summed E-state index contributed by atoms with van der Waals surface area (Å²) >= 11 is 5.25. The van der Waals surface area contributed by atoms with Crippen molar-refractivity contribution in [1.29, 1.82) is 0 Å². The summed E-state index contributed by atoms with van der Waals surface area (Å²) in [5.74, 6) is 0. The van der Waals surface area contributed by atoms with Gasteiger partial charge in [-0.15, -0.1) is 0 Å². The molecule has 0 saturated carbocycles. The molecule has 0 bridgehead atoms. The minimum absolute atomic E-state index is 0.328. The smallest absolute Gasteiger partial charge is 0.252 e. The lowest BCUT2D eigenvalue weighted by molar-refractivity contribution is 0.108. The van der Waals surface area contributed by atoms with Crippen molar-refractivity contribution in [3.63, 3.8) is 0 Å². The number of carbonyl (C=O) groups excluding carboxylic acids is 1. The Labute approximate surface area is 79.8 Å². The van der Waals surface area contributed by atoms with Crippen LogP contribution in [-0.2, 0) is 0 Å². The first-order chi connectivity index (χ1) is 6.15. The lowest BCUT2D eigenvalue weighted by atomic mass is 10.1. The Morgan fingerprint density at radius 3 is 2.85 bits per heavy atom. The van der Waals surface area contributed by atoms with Gasteiger partial charge in [-0.3, -0.25) is 4.79 Å². The Morgan fingerprint density at radius 1 is 1.62 bits per heavy atom. The van der Waals surface area contributed by atoms with Gasteiger partial charge < -0.3 is 0 Å². The summed E-state index contributed by atoms with van der Waals surface area (Å²) in [6.07, 6.45) is 0. The molecule has 66 valence electrons. The number of halogens is 1. The number of hydrogen-bond donors (Lipinski definition) is 0. The number of hydrogen-bond acceptors (Lipinski definition) is 2. The van der Waals surface area contributed by atoms with Gasteiger partial charge in [0.25, 0.3) is 5.24 Å². The molecule has 0 spiro atoms. The van der Waals surface area contributed by atoms with Crippen molar-refractivity contribution < 1.29 is 4.79 Å². The first-order valence-corrected chi connectivity index (χ1v) is 3.88. The predicted octanol–water partition coefficient (Wildman–Crippen LogP) is 3.32. The van der Waals surface area contributed by atoms with Crippen molar-refractivity contribution in [3.05, 3.63) is 39.8 Å². The Bertz CT molecular complexity index is 396. The summed E-state index contributed by atoms with van der Waals surface area (Å²) in [6.45, 7) is 1.78. The largest absolute Gasteiger partial charge is 0.276 e. The highest BCUT2D eigenvalue weighted by atomic mass is 35.5. The molecule has 5 heteroatoms. The number of benzene rings is 1. The van der Waals surface area contributed by atoms with Gasteiger partial charge in [-0.2, -0.15) is 0 Å². The van der Waals surface area contributed by atoms with Gasteiger partial charge >= 0.3 is 0 Å². The summed E-state index contributed by atoms with van der Waals surface area (Å²) in [4.78, 5) is 13.4. The fourth-order valence-electron chi connectivity index (χ4n) is 0.888. The molecule has 1 aromatic rings. The first-order valence-electron chi connectivity index (χ1n) is 3.50. The SMILES string of the molecule is Cc1ccc(C(=O)Cl)cc1N=[N+]=[N-]. The Morgan fingerprint density at radius 2 is 2.31 bits per heavy atom. The second-order valence-electron chi connectivity index (χ2n) is 2.46. The predicted molar refractivity (Wildman–Crippen MR) is 50.2 cm³/mol. The van der Waals surface area contributed by atoms with Crippen LogP contribution in [0.15, 0.2) is 23.3 Å². The number of aryl methyl sites for hydroxylation is 1. The van der Waals surface area contributed by atoms with Crippen LogP contribution in [0.25, 0.3) is 10.4 Å². The molecule has 0 unspecified atom stereocenters. The Hall–Kier alpha value is -1.51. The van der Waals surface area contributed by atoms with Crippen molar-refractivity contribution in [3.8, 4) is 0 Å². The zero-order valence-corrected chi connectivity index (χ0v) is 7.62. The second kappa shape index (κ2) is 3.94. The molecule has 4 nitrogen and oxygen atoms in total. The van der Waals surface area contributed by atoms with Crippen molar-refractivity contribution in [1.82, 2.24) is 0 Å². The minimum atomic E-state index is -0.561. The normalized spacial score (nSPS) is 9.08. The van der Waals surface area contributed by atoms with E-state index >= 15 is 0 Å². The van der Waals surface area contributed by atoms with Crippen LogP contribution in [0.1, 0.15) is 15.9 Å². The van der Waals surface area contributed by atoms with Crippen LogP contribution in [0.3, 0.4) is 0 Å². The zero-order chi connectivity index (χ0) is 9.84. The third-order valence-corrected chi connectivity index (χ3v) is 1.81. The maximum Gasteiger partial charge on any atom is 0.252 e. The fourth-order valence-corrected chi connectivity index (χ4v) is 1.01. The molecule has 13 heavy (non-hydrogen) atoms. The van der Waals surface area contributed by atoms with Crippen molar-refractivity contribution >= 4 is 22.5 Å². The van der Waals surface area contributed by atoms with Crippen molar-refractivity contribution in [2.24, 2.45) is 5.11 Å². The molecule has 0 aliphatic heterocycles. The number of azide groups is 1. The van der Waals surface area contributed by atoms with Gasteiger partial charge in [0.2, 0.25) is 0 Å². The molecule has 1 aromatic carbocycles. The summed E-state index contributed by atoms with van der Waals surface area (Å²) in [6, 6.07) is 4.73. The van der Waals surface area contributed by atoms with Crippen LogP contribution in [0.5, 0.6) is 0 Å². The van der Waals surface area contributed by atoms with Gasteiger partial charge in [0.1, 0.15) is 0 Å². The van der Waals surface area contributed by atoms with E-state index in [1.807, 2.05) is 0 Å². The third kappa shape index (κ3) is 2.21. The van der Waals surface area contributed by atoms with E-state index in [1.54, 1.807) is 19.1 Å². The fraction of sp³-hybridized carbons (Fsp3) is 0.125. The van der Waals surface area contributed by atoms with Crippen LogP contribution in [0, 0.1) is 6.92 Å². The van der Waals surface area contributed by atoms with E-state index in [9.17, 15) is 4.79 Å². The van der Waals surface area contributed by atoms with Gasteiger partial charge in [-0.1, -0.05) is 11.2 Å². The molecular weight excluding hydrogens is 190 g/mol. The van der Waals surface area contributed by atoms with Crippen LogP contribution in [-0.4, -0.2) is 5.24 Å². The van der Waals surface area contributed by atoms with Crippen LogP contribution in [0.2, 0.25) is 0 Å². The van der Waals surface area contributed by atoms with Gasteiger partial charge in [0.05, 0.1) is 0 Å². The van der Waals surface area contributed by atoms with E-state index in [2.05, 4.69) is 10.0 Å². The van der Waals surface area contributed by atoms with E-state index in [0.717, 1.165) is 5.56 Å². The maximum atomic E-state index is 10.7. The monoisotopic (exact) mass is 195 g/mol. The van der Waals surface area contributed by atoms with Gasteiger partial charge in [-0.05, 0) is 41.8 Å². The van der Waals surface area contributed by atoms with E-state index in [1.165, 1.54) is 6.07 Å². The molecular formula is C8H6ClN3O. The van der Waals surface area contributed by atoms with Gasteiger partial charge in [0, 0.05) is 16.2 Å². The van der Waals surface area contributed by atoms with E-state index in [-0.39, 0.29) is 0 Å². The lowest BCUT2D eigenvalue weighted by Gasteiger charge is -1.99. The standard InChI is InChI=1S/C8H6ClN3O/c1-5-2-3-6(8(9)13)4-7(5)11-12-10/h2-4H,1H3. The molecule has 1 rings (SSSR count). The van der Waals surface area contributed by atoms with E-state index < -0.39 is 5.24 Å². The second-order valence-corrected chi connectivity index (χ2v) is 2.81. The van der Waals surface area contributed by atoms with Crippen molar-refractivity contribution in [2.75, 3.05) is 0 Å². The molecule has 0 aromatic heterocycles. The van der Waals surface area contributed by atoms with Crippen LogP contribution in [0.4, 0.5) is 5.69 Å². The highest BCUT2D eigenvalue weighted by molar-refractivity contribution is 6.67. The molecule has 0 amide bonds. The van der Waals surface area contributed by atoms with E-state index in [0.29, 0.717) is 11.3 Å². The quantitative estimate of drug-likeness (QED) is 0.309. The highest BCUT2D eigenvalue weighted by Gasteiger charge is 2.03. The van der Waals surface area contributed by atoms with E-state index in [4.69, 9.17) is 17.1 Å². The molecule has 0 N–H and O–H groups in total. The zero-order valence-electron chi connectivity index (χ0n) is 6.86. The molecule has 0 heterocycles. The average Bonchev–Trinajstić information content (AvgIpc) is 2.08. The topological polar surface area (TPSA) is 65.8 Å². The molecule has 0 radical (unpaired) electrons. The van der Waals surface area contributed by atoms with Crippen LogP contribution >= 0.6 is 11.6 Å². The number of rotatable bonds is 2. The van der Waals surface area contributed by atoms with Gasteiger partial charge in [0.15, 0.2) is 0 Å². The highest BCUT2D eigenvalue weighted by Crippen LogP contribution is 2.21. The first kappa shape index (κ1) is 9.58. The number of carbonyl (C=O) groups is 1. The average molecular weight is 196 g/mol. The lowest BCUT2D eigenvalue weighted by Crippen LogP contribution is -1.88.